The Morgan fingerprint density at radius 2 is 1.87 bits per heavy atom. The maximum Gasteiger partial charge on any atom is 0.214 e. The van der Waals surface area contributed by atoms with Crippen LogP contribution >= 0.6 is 0 Å². The molecule has 1 saturated carbocycles. The lowest BCUT2D eigenvalue weighted by molar-refractivity contribution is 0.259. The van der Waals surface area contributed by atoms with Gasteiger partial charge in [0.05, 0.1) is 22.8 Å². The van der Waals surface area contributed by atoms with Crippen LogP contribution in [0, 0.1) is 18.4 Å². The number of benzene rings is 2. The number of piperazine rings is 1. The highest BCUT2D eigenvalue weighted by molar-refractivity contribution is 5.96. The average Bonchev–Trinajstić information content (AvgIpc) is 3.54. The van der Waals surface area contributed by atoms with Gasteiger partial charge in [0, 0.05) is 25.3 Å². The molecule has 150 valence electrons. The van der Waals surface area contributed by atoms with Crippen molar-refractivity contribution in [1.29, 1.82) is 5.26 Å². The monoisotopic (exact) mass is 397 g/mol. The zero-order valence-corrected chi connectivity index (χ0v) is 16.9. The molecule has 3 aromatic rings. The molecule has 0 amide bonds. The first kappa shape index (κ1) is 18.4. The fourth-order valence-corrected chi connectivity index (χ4v) is 4.21. The second-order valence-electron chi connectivity index (χ2n) is 7.99. The van der Waals surface area contributed by atoms with Gasteiger partial charge in [0.15, 0.2) is 0 Å². The molecule has 7 nitrogen and oxygen atoms in total. The van der Waals surface area contributed by atoms with Crippen LogP contribution in [0.2, 0.25) is 0 Å². The van der Waals surface area contributed by atoms with E-state index in [1.54, 1.807) is 0 Å². The molecule has 0 bridgehead atoms. The number of para-hydroxylation sites is 3. The van der Waals surface area contributed by atoms with Crippen molar-refractivity contribution in [2.45, 2.75) is 25.3 Å². The van der Waals surface area contributed by atoms with Crippen LogP contribution in [0.25, 0.3) is 11.0 Å². The number of guanidine groups is 1. The van der Waals surface area contributed by atoms with Crippen molar-refractivity contribution in [1.82, 2.24) is 14.9 Å². The van der Waals surface area contributed by atoms with Gasteiger partial charge in [-0.2, -0.15) is 5.26 Å². The maximum absolute atomic E-state index is 9.30. The van der Waals surface area contributed by atoms with E-state index in [0.717, 1.165) is 60.6 Å². The summed E-state index contributed by atoms with van der Waals surface area (Å²) in [6.07, 6.45) is 5.99. The lowest BCUT2D eigenvalue weighted by Gasteiger charge is -2.43. The van der Waals surface area contributed by atoms with Gasteiger partial charge in [-0.1, -0.05) is 30.3 Å². The van der Waals surface area contributed by atoms with Crippen molar-refractivity contribution in [3.05, 3.63) is 60.3 Å². The fraction of sp³-hybridized carbons (Fsp3) is 0.304. The van der Waals surface area contributed by atoms with Crippen molar-refractivity contribution >= 4 is 28.5 Å². The van der Waals surface area contributed by atoms with E-state index in [-0.39, 0.29) is 5.54 Å². The molecule has 0 atom stereocenters. The summed E-state index contributed by atoms with van der Waals surface area (Å²) >= 11 is 0. The molecule has 5 rings (SSSR count). The molecule has 1 N–H and O–H groups in total. The molecule has 7 heteroatoms. The van der Waals surface area contributed by atoms with E-state index in [1.165, 1.54) is 0 Å². The third-order valence-corrected chi connectivity index (χ3v) is 6.04. The Kier molecular flexibility index (Phi) is 4.47. The maximum atomic E-state index is 9.30. The largest absolute Gasteiger partial charge is 0.351 e. The number of hydrogen-bond donors (Lipinski definition) is 1. The predicted molar refractivity (Wildman–Crippen MR) is 118 cm³/mol. The van der Waals surface area contributed by atoms with Crippen LogP contribution in [-0.4, -0.2) is 46.0 Å². The summed E-state index contributed by atoms with van der Waals surface area (Å²) in [5, 5.41) is 12.7. The Hall–Kier alpha value is -3.66. The summed E-state index contributed by atoms with van der Waals surface area (Å²) in [5.74, 6) is 1.54. The first-order valence-electron chi connectivity index (χ1n) is 10.2. The number of aryl methyl sites for hydroxylation is 1. The Morgan fingerprint density at radius 1 is 1.10 bits per heavy atom. The molecule has 1 aliphatic carbocycles. The van der Waals surface area contributed by atoms with Crippen LogP contribution in [0.5, 0.6) is 0 Å². The summed E-state index contributed by atoms with van der Waals surface area (Å²) < 4.78 is 0. The topological polar surface area (TPSA) is 80.4 Å². The SMILES string of the molecule is Cc1ccccc1N/C(=N/C#N)N1CCN(c2cnc3ccccc3n2)CC12CC2. The Bertz CT molecular complexity index is 1160. The van der Waals surface area contributed by atoms with E-state index in [1.807, 2.05) is 54.9 Å². The molecule has 1 aliphatic heterocycles. The summed E-state index contributed by atoms with van der Waals surface area (Å²) in [5.41, 5.74) is 3.90. The van der Waals surface area contributed by atoms with Gasteiger partial charge in [0.1, 0.15) is 5.82 Å². The van der Waals surface area contributed by atoms with Crippen molar-refractivity contribution in [2.24, 2.45) is 4.99 Å². The van der Waals surface area contributed by atoms with Crippen molar-refractivity contribution in [3.8, 4) is 6.19 Å². The minimum Gasteiger partial charge on any atom is -0.351 e. The van der Waals surface area contributed by atoms with Crippen LogP contribution in [0.4, 0.5) is 11.5 Å². The molecule has 2 aliphatic rings. The second-order valence-corrected chi connectivity index (χ2v) is 7.99. The molecule has 1 saturated heterocycles. The number of aliphatic imine (C=N–C) groups is 1. The van der Waals surface area contributed by atoms with Crippen molar-refractivity contribution in [2.75, 3.05) is 29.9 Å². The Balaban J connectivity index is 1.39. The second kappa shape index (κ2) is 7.30. The standard InChI is InChI=1S/C23H23N7/c1-17-6-2-3-7-18(17)28-22(26-16-24)30-13-12-29(15-23(30)10-11-23)21-14-25-19-8-4-5-9-20(19)27-21/h2-9,14H,10-13,15H2,1H3,(H,26,28). The smallest absolute Gasteiger partial charge is 0.214 e. The van der Waals surface area contributed by atoms with E-state index < -0.39 is 0 Å². The highest BCUT2D eigenvalue weighted by Crippen LogP contribution is 2.45. The van der Waals surface area contributed by atoms with Crippen molar-refractivity contribution in [3.63, 3.8) is 0 Å². The van der Waals surface area contributed by atoms with Gasteiger partial charge in [0.25, 0.3) is 0 Å². The number of nitriles is 1. The van der Waals surface area contributed by atoms with Gasteiger partial charge in [0.2, 0.25) is 12.2 Å². The minimum atomic E-state index is -0.0169. The highest BCUT2D eigenvalue weighted by atomic mass is 15.4. The lowest BCUT2D eigenvalue weighted by atomic mass is 10.1. The molecule has 2 heterocycles. The molecule has 1 aromatic heterocycles. The van der Waals surface area contributed by atoms with Gasteiger partial charge in [-0.3, -0.25) is 4.98 Å². The Morgan fingerprint density at radius 3 is 2.63 bits per heavy atom. The molecule has 1 spiro atoms. The summed E-state index contributed by atoms with van der Waals surface area (Å²) in [7, 11) is 0. The summed E-state index contributed by atoms with van der Waals surface area (Å²) in [6, 6.07) is 16.0. The molecular weight excluding hydrogens is 374 g/mol. The number of anilines is 2. The average molecular weight is 397 g/mol. The first-order valence-corrected chi connectivity index (χ1v) is 10.2. The number of fused-ring (bicyclic) bond motifs is 1. The van der Waals surface area contributed by atoms with Gasteiger partial charge in [-0.15, -0.1) is 4.99 Å². The van der Waals surface area contributed by atoms with Crippen LogP contribution in [0.1, 0.15) is 18.4 Å². The van der Waals surface area contributed by atoms with E-state index in [0.29, 0.717) is 5.96 Å². The van der Waals surface area contributed by atoms with Crippen LogP contribution in [0.3, 0.4) is 0 Å². The quantitative estimate of drug-likeness (QED) is 0.405. The number of hydrogen-bond acceptors (Lipinski definition) is 5. The van der Waals surface area contributed by atoms with E-state index in [9.17, 15) is 5.26 Å². The first-order chi connectivity index (χ1) is 14.7. The number of aromatic nitrogens is 2. The molecule has 2 fully saturated rings. The van der Waals surface area contributed by atoms with Gasteiger partial charge in [-0.25, -0.2) is 4.98 Å². The van der Waals surface area contributed by atoms with E-state index in [4.69, 9.17) is 4.98 Å². The zero-order chi connectivity index (χ0) is 20.6. The molecule has 0 radical (unpaired) electrons. The number of nitrogens with zero attached hydrogens (tertiary/aromatic N) is 6. The van der Waals surface area contributed by atoms with Gasteiger partial charge >= 0.3 is 0 Å². The van der Waals surface area contributed by atoms with Crippen LogP contribution in [0.15, 0.2) is 59.7 Å². The normalized spacial score (nSPS) is 17.8. The van der Waals surface area contributed by atoms with E-state index in [2.05, 4.69) is 38.1 Å². The van der Waals surface area contributed by atoms with Gasteiger partial charge < -0.3 is 15.1 Å². The molecule has 2 aromatic carbocycles. The highest BCUT2D eigenvalue weighted by Gasteiger charge is 2.53. The minimum absolute atomic E-state index is 0.0169. The fourth-order valence-electron chi connectivity index (χ4n) is 4.21. The van der Waals surface area contributed by atoms with Crippen LogP contribution < -0.4 is 10.2 Å². The molecule has 0 unspecified atom stereocenters. The van der Waals surface area contributed by atoms with Gasteiger partial charge in [-0.05, 0) is 43.5 Å². The number of nitrogens with one attached hydrogen (secondary N) is 1. The lowest BCUT2D eigenvalue weighted by Crippen LogP contribution is -2.58. The zero-order valence-electron chi connectivity index (χ0n) is 16.9. The van der Waals surface area contributed by atoms with Crippen LogP contribution in [-0.2, 0) is 0 Å². The number of rotatable bonds is 2. The third-order valence-electron chi connectivity index (χ3n) is 6.04. The summed E-state index contributed by atoms with van der Waals surface area (Å²) in [4.78, 5) is 18.1. The molecule has 30 heavy (non-hydrogen) atoms. The predicted octanol–water partition coefficient (Wildman–Crippen LogP) is 3.54. The Labute approximate surface area is 175 Å². The van der Waals surface area contributed by atoms with Crippen molar-refractivity contribution < 1.29 is 0 Å². The summed E-state index contributed by atoms with van der Waals surface area (Å²) in [6.45, 7) is 4.47. The molecular formula is C23H23N7. The third kappa shape index (κ3) is 3.30. The van der Waals surface area contributed by atoms with E-state index >= 15 is 0 Å².